The van der Waals surface area contributed by atoms with Crippen LogP contribution in [-0.2, 0) is 0 Å². The van der Waals surface area contributed by atoms with Crippen LogP contribution in [0.15, 0.2) is 42.6 Å². The van der Waals surface area contributed by atoms with E-state index < -0.39 is 0 Å². The molecule has 0 aromatic heterocycles. The van der Waals surface area contributed by atoms with Gasteiger partial charge in [0, 0.05) is 23.3 Å². The van der Waals surface area contributed by atoms with Gasteiger partial charge in [-0.25, -0.2) is 0 Å². The molecule has 1 aliphatic heterocycles. The highest BCUT2D eigenvalue weighted by molar-refractivity contribution is 6.05. The highest BCUT2D eigenvalue weighted by Gasteiger charge is 2.22. The predicted molar refractivity (Wildman–Crippen MR) is 84.4 cm³/mol. The van der Waals surface area contributed by atoms with Gasteiger partial charge >= 0.3 is 0 Å². The molecule has 0 saturated heterocycles. The zero-order chi connectivity index (χ0) is 13.6. The topological polar surface area (TPSA) is 3.24 Å². The molecule has 98 valence electrons. The van der Waals surface area contributed by atoms with Gasteiger partial charge in [-0.3, -0.25) is 0 Å². The normalized spacial score (nSPS) is 14.4. The lowest BCUT2D eigenvalue weighted by atomic mass is 9.88. The highest BCUT2D eigenvalue weighted by Crippen LogP contribution is 2.41. The Morgan fingerprint density at radius 1 is 0.895 bits per heavy atom. The summed E-state index contributed by atoms with van der Waals surface area (Å²) in [5, 5.41) is 2.75. The maximum Gasteiger partial charge on any atom is 0.0494 e. The maximum atomic E-state index is 2.41. The van der Waals surface area contributed by atoms with Crippen molar-refractivity contribution in [3.63, 3.8) is 0 Å². The number of anilines is 1. The predicted octanol–water partition coefficient (Wildman–Crippen LogP) is 5.07. The van der Waals surface area contributed by atoms with Crippen LogP contribution in [0.1, 0.15) is 33.3 Å². The molecular weight excluding hydrogens is 230 g/mol. The Morgan fingerprint density at radius 2 is 1.58 bits per heavy atom. The van der Waals surface area contributed by atoms with Crippen LogP contribution in [0.3, 0.4) is 0 Å². The lowest BCUT2D eigenvalue weighted by molar-refractivity contribution is 0.770. The summed E-state index contributed by atoms with van der Waals surface area (Å²) in [4.78, 5) is 2.41. The van der Waals surface area contributed by atoms with Gasteiger partial charge in [0.25, 0.3) is 0 Å². The average molecular weight is 251 g/mol. The minimum absolute atomic E-state index is 0.479. The van der Waals surface area contributed by atoms with Crippen LogP contribution in [0.2, 0.25) is 0 Å². The van der Waals surface area contributed by atoms with Gasteiger partial charge in [0.1, 0.15) is 0 Å². The van der Waals surface area contributed by atoms with Gasteiger partial charge < -0.3 is 4.90 Å². The summed E-state index contributed by atoms with van der Waals surface area (Å²) in [5.74, 6) is 0.542. The summed E-state index contributed by atoms with van der Waals surface area (Å²) in [5.41, 5.74) is 4.19. The van der Waals surface area contributed by atoms with E-state index in [-0.39, 0.29) is 0 Å². The molecule has 1 heterocycles. The fraction of sp³-hybridized carbons (Fsp3) is 0.333. The van der Waals surface area contributed by atoms with Crippen LogP contribution in [0, 0.1) is 5.92 Å². The van der Waals surface area contributed by atoms with E-state index >= 15 is 0 Å². The van der Waals surface area contributed by atoms with Gasteiger partial charge in [-0.05, 0) is 42.4 Å². The molecule has 0 amide bonds. The number of allylic oxidation sites excluding steroid dienone is 1. The van der Waals surface area contributed by atoms with Crippen molar-refractivity contribution in [3.05, 3.63) is 48.2 Å². The van der Waals surface area contributed by atoms with Crippen LogP contribution >= 0.6 is 0 Å². The average Bonchev–Trinajstić information content (AvgIpc) is 2.39. The first-order valence-electron chi connectivity index (χ1n) is 7.11. The summed E-state index contributed by atoms with van der Waals surface area (Å²) in [7, 11) is 0. The summed E-state index contributed by atoms with van der Waals surface area (Å²) < 4.78 is 0. The molecule has 0 unspecified atom stereocenters. The molecule has 0 saturated carbocycles. The van der Waals surface area contributed by atoms with Gasteiger partial charge in [0.2, 0.25) is 0 Å². The Bertz CT molecular complexity index is 645. The van der Waals surface area contributed by atoms with Gasteiger partial charge in [-0.15, -0.1) is 0 Å². The van der Waals surface area contributed by atoms with Crippen molar-refractivity contribution >= 4 is 22.0 Å². The van der Waals surface area contributed by atoms with Crippen molar-refractivity contribution in [3.8, 4) is 0 Å². The minimum Gasteiger partial charge on any atom is -0.345 e. The lowest BCUT2D eigenvalue weighted by Gasteiger charge is -2.33. The molecule has 0 spiro atoms. The third-order valence-corrected chi connectivity index (χ3v) is 3.93. The van der Waals surface area contributed by atoms with E-state index in [1.54, 1.807) is 0 Å². The van der Waals surface area contributed by atoms with Gasteiger partial charge in [-0.1, -0.05) is 44.2 Å². The maximum absolute atomic E-state index is 2.41. The molecule has 0 fully saturated rings. The number of benzene rings is 2. The minimum atomic E-state index is 0.479. The summed E-state index contributed by atoms with van der Waals surface area (Å²) >= 11 is 0. The Kier molecular flexibility index (Phi) is 2.85. The molecule has 1 aliphatic rings. The van der Waals surface area contributed by atoms with Gasteiger partial charge in [-0.2, -0.15) is 0 Å². The second-order valence-corrected chi connectivity index (χ2v) is 5.92. The molecule has 19 heavy (non-hydrogen) atoms. The second-order valence-electron chi connectivity index (χ2n) is 5.92. The van der Waals surface area contributed by atoms with Gasteiger partial charge in [0.15, 0.2) is 0 Å². The summed E-state index contributed by atoms with van der Waals surface area (Å²) in [6, 6.07) is 13.7. The molecule has 0 N–H and O–H groups in total. The summed E-state index contributed by atoms with van der Waals surface area (Å²) in [6.45, 7) is 9.05. The molecule has 0 atom stereocenters. The monoisotopic (exact) mass is 251 g/mol. The fourth-order valence-corrected chi connectivity index (χ4v) is 2.95. The van der Waals surface area contributed by atoms with Crippen LogP contribution in [0.25, 0.3) is 16.3 Å². The van der Waals surface area contributed by atoms with E-state index in [4.69, 9.17) is 0 Å². The number of nitrogens with zero attached hydrogens (tertiary/aromatic N) is 1. The number of rotatable bonds is 2. The Balaban J connectivity index is 2.36. The molecule has 1 nitrogen and oxygen atoms in total. The largest absolute Gasteiger partial charge is 0.345 e. The van der Waals surface area contributed by atoms with E-state index in [1.807, 2.05) is 0 Å². The van der Waals surface area contributed by atoms with Crippen molar-refractivity contribution in [1.29, 1.82) is 0 Å². The Hall–Kier alpha value is -1.76. The molecule has 2 aromatic rings. The molecule has 2 aromatic carbocycles. The quantitative estimate of drug-likeness (QED) is 0.720. The number of hydrogen-bond acceptors (Lipinski definition) is 1. The summed E-state index contributed by atoms with van der Waals surface area (Å²) in [6.07, 6.45) is 2.34. The van der Waals surface area contributed by atoms with E-state index in [9.17, 15) is 0 Å². The standard InChI is InChI=1S/C18H21N/c1-12(2)16-11-19(13(3)4)17-10-6-8-14-7-5-9-15(16)18(14)17/h5-13H,1-4H3. The zero-order valence-corrected chi connectivity index (χ0v) is 12.1. The fourth-order valence-electron chi connectivity index (χ4n) is 2.95. The first kappa shape index (κ1) is 12.3. The smallest absolute Gasteiger partial charge is 0.0494 e. The van der Waals surface area contributed by atoms with Crippen LogP contribution < -0.4 is 4.90 Å². The molecule has 0 radical (unpaired) electrons. The first-order valence-corrected chi connectivity index (χ1v) is 7.11. The van der Waals surface area contributed by atoms with Crippen LogP contribution in [0.4, 0.5) is 5.69 Å². The van der Waals surface area contributed by atoms with Crippen molar-refractivity contribution in [2.24, 2.45) is 5.92 Å². The molecule has 1 heteroatoms. The SMILES string of the molecule is CC(C)C1=CN(C(C)C)c2cccc3cccc1c23. The van der Waals surface area contributed by atoms with Crippen molar-refractivity contribution in [2.45, 2.75) is 33.7 Å². The Labute approximate surface area is 115 Å². The number of hydrogen-bond donors (Lipinski definition) is 0. The molecule has 0 bridgehead atoms. The highest BCUT2D eigenvalue weighted by atomic mass is 15.1. The zero-order valence-electron chi connectivity index (χ0n) is 12.1. The van der Waals surface area contributed by atoms with E-state index in [0.717, 1.165) is 0 Å². The van der Waals surface area contributed by atoms with Crippen molar-refractivity contribution < 1.29 is 0 Å². The molecular formula is C18H21N. The Morgan fingerprint density at radius 3 is 2.21 bits per heavy atom. The second kappa shape index (κ2) is 4.41. The third-order valence-electron chi connectivity index (χ3n) is 3.93. The lowest BCUT2D eigenvalue weighted by Crippen LogP contribution is -2.28. The van der Waals surface area contributed by atoms with Gasteiger partial charge in [0.05, 0.1) is 0 Å². The third kappa shape index (κ3) is 1.85. The molecule has 3 rings (SSSR count). The first-order chi connectivity index (χ1) is 9.09. The van der Waals surface area contributed by atoms with E-state index in [1.165, 1.54) is 27.6 Å². The van der Waals surface area contributed by atoms with E-state index in [2.05, 4.69) is 75.2 Å². The van der Waals surface area contributed by atoms with E-state index in [0.29, 0.717) is 12.0 Å². The van der Waals surface area contributed by atoms with Crippen LogP contribution in [-0.4, -0.2) is 6.04 Å². The van der Waals surface area contributed by atoms with Crippen molar-refractivity contribution in [2.75, 3.05) is 4.90 Å². The molecule has 0 aliphatic carbocycles. The van der Waals surface area contributed by atoms with Crippen molar-refractivity contribution in [1.82, 2.24) is 0 Å². The van der Waals surface area contributed by atoms with Crippen LogP contribution in [0.5, 0.6) is 0 Å².